The summed E-state index contributed by atoms with van der Waals surface area (Å²) in [5.41, 5.74) is 2.72. The minimum absolute atomic E-state index is 0.00671. The number of esters is 2. The van der Waals surface area contributed by atoms with Gasteiger partial charge in [0.1, 0.15) is 5.78 Å². The van der Waals surface area contributed by atoms with Crippen molar-refractivity contribution in [3.8, 4) is 11.5 Å². The van der Waals surface area contributed by atoms with Crippen molar-refractivity contribution in [3.05, 3.63) is 66.7 Å². The molecular weight excluding hydrogens is 564 g/mol. The van der Waals surface area contributed by atoms with E-state index in [9.17, 15) is 34.6 Å². The molecule has 2 aliphatic rings. The second-order valence-electron chi connectivity index (χ2n) is 9.96. The molecule has 0 aromatic heterocycles. The van der Waals surface area contributed by atoms with Crippen LogP contribution in [-0.4, -0.2) is 53.0 Å². The van der Waals surface area contributed by atoms with Gasteiger partial charge < -0.3 is 18.9 Å². The van der Waals surface area contributed by atoms with E-state index in [0.29, 0.717) is 30.4 Å². The Morgan fingerprint density at radius 1 is 0.791 bits per heavy atom. The van der Waals surface area contributed by atoms with Crippen LogP contribution in [0, 0.1) is 20.2 Å². The zero-order valence-corrected chi connectivity index (χ0v) is 24.7. The van der Waals surface area contributed by atoms with E-state index in [1.807, 2.05) is 6.07 Å². The van der Waals surface area contributed by atoms with Gasteiger partial charge >= 0.3 is 23.3 Å². The maximum Gasteiger partial charge on any atom is 0.347 e. The average Bonchev–Trinajstić information content (AvgIpc) is 3.44. The Hall–Kier alpha value is -4.55. The summed E-state index contributed by atoms with van der Waals surface area (Å²) in [6, 6.07) is 6.52. The highest BCUT2D eigenvalue weighted by molar-refractivity contribution is 5.84. The number of rotatable bonds is 11. The number of benzene rings is 2. The first-order valence-corrected chi connectivity index (χ1v) is 14.3. The van der Waals surface area contributed by atoms with Gasteiger partial charge in [-0.05, 0) is 76.1 Å². The zero-order valence-electron chi connectivity index (χ0n) is 24.7. The maximum atomic E-state index is 11.8. The van der Waals surface area contributed by atoms with E-state index < -0.39 is 34.0 Å². The van der Waals surface area contributed by atoms with Crippen molar-refractivity contribution in [2.24, 2.45) is 0 Å². The number of hydrogen-bond acceptors (Lipinski definition) is 11. The Kier molecular flexibility index (Phi) is 11.6. The number of ketones is 1. The molecule has 4 rings (SSSR count). The van der Waals surface area contributed by atoms with E-state index in [2.05, 4.69) is 0 Å². The highest BCUT2D eigenvalue weighted by Crippen LogP contribution is 2.39. The van der Waals surface area contributed by atoms with E-state index in [4.69, 9.17) is 18.9 Å². The first-order chi connectivity index (χ1) is 20.5. The lowest BCUT2D eigenvalue weighted by Crippen LogP contribution is -2.29. The minimum Gasteiger partial charge on any atom is -0.472 e. The first-order valence-electron chi connectivity index (χ1n) is 14.3. The molecule has 0 radical (unpaired) electrons. The third-order valence-corrected chi connectivity index (χ3v) is 7.08. The minimum atomic E-state index is -0.943. The van der Waals surface area contributed by atoms with Crippen LogP contribution in [0.1, 0.15) is 69.2 Å². The predicted molar refractivity (Wildman–Crippen MR) is 153 cm³/mol. The van der Waals surface area contributed by atoms with Crippen LogP contribution in [0.25, 0.3) is 0 Å². The van der Waals surface area contributed by atoms with Crippen molar-refractivity contribution in [1.29, 1.82) is 0 Å². The van der Waals surface area contributed by atoms with Crippen molar-refractivity contribution in [2.45, 2.75) is 84.8 Å². The number of aryl methyl sites for hydroxylation is 1. The van der Waals surface area contributed by atoms with Crippen LogP contribution in [0.4, 0.5) is 11.4 Å². The molecule has 0 amide bonds. The Balaban J connectivity index is 0.000000236. The summed E-state index contributed by atoms with van der Waals surface area (Å²) in [6.45, 7) is 7.10. The highest BCUT2D eigenvalue weighted by atomic mass is 16.6. The smallest absolute Gasteiger partial charge is 0.347 e. The van der Waals surface area contributed by atoms with Gasteiger partial charge in [0.2, 0.25) is 0 Å². The Morgan fingerprint density at radius 3 is 1.93 bits per heavy atom. The molecule has 2 aliphatic carbocycles. The van der Waals surface area contributed by atoms with Crippen LogP contribution in [0.15, 0.2) is 24.3 Å². The second kappa shape index (κ2) is 15.1. The summed E-state index contributed by atoms with van der Waals surface area (Å²) in [6.07, 6.45) is 1.88. The normalized spacial score (nSPS) is 14.7. The van der Waals surface area contributed by atoms with Gasteiger partial charge in [-0.25, -0.2) is 9.59 Å². The molecule has 0 N–H and O–H groups in total. The number of hydrogen-bond donors (Lipinski definition) is 0. The Morgan fingerprint density at radius 2 is 1.35 bits per heavy atom. The van der Waals surface area contributed by atoms with Crippen LogP contribution in [0.3, 0.4) is 0 Å². The fraction of sp³-hybridized carbons (Fsp3) is 0.500. The standard InChI is InChI=1S/C15H17NO6.C15H19NO5/c1-3-21-15(18)9(2)22-13-7-4-10-8-11(17)5-6-12(10)14(13)16(19)20;1-3-12(15(17)20-4-2)21-13-9-8-10-6-5-7-11(10)14(13)16(18)19/h4,7,9H,3,5-6,8H2,1-2H3;8-9,12H,3-7H2,1-2H3. The van der Waals surface area contributed by atoms with Crippen molar-refractivity contribution < 1.29 is 43.2 Å². The lowest BCUT2D eigenvalue weighted by atomic mass is 9.89. The number of carbonyl (C=O) groups excluding carboxylic acids is 3. The van der Waals surface area contributed by atoms with Crippen molar-refractivity contribution in [2.75, 3.05) is 13.2 Å². The van der Waals surface area contributed by atoms with Crippen molar-refractivity contribution in [1.82, 2.24) is 0 Å². The lowest BCUT2D eigenvalue weighted by Gasteiger charge is -2.18. The third kappa shape index (κ3) is 8.05. The van der Waals surface area contributed by atoms with Gasteiger partial charge in [-0.1, -0.05) is 19.1 Å². The quantitative estimate of drug-likeness (QED) is 0.197. The first kappa shape index (κ1) is 33.0. The predicted octanol–water partition coefficient (Wildman–Crippen LogP) is 4.79. The van der Waals surface area contributed by atoms with Crippen LogP contribution < -0.4 is 9.47 Å². The fourth-order valence-corrected chi connectivity index (χ4v) is 5.07. The van der Waals surface area contributed by atoms with Crippen LogP contribution in [0.2, 0.25) is 0 Å². The number of nitro groups is 2. The SMILES string of the molecule is CCOC(=O)C(C)Oc1ccc2c(c1[N+](=O)[O-])CCC(=O)C2.CCOC(=O)C(CC)Oc1ccc2c(c1[N+](=O)[O-])CCC2. The molecule has 2 aromatic carbocycles. The summed E-state index contributed by atoms with van der Waals surface area (Å²) in [4.78, 5) is 56.6. The summed E-state index contributed by atoms with van der Waals surface area (Å²) >= 11 is 0. The summed E-state index contributed by atoms with van der Waals surface area (Å²) in [5, 5.41) is 22.7. The lowest BCUT2D eigenvalue weighted by molar-refractivity contribution is -0.386. The van der Waals surface area contributed by atoms with Gasteiger partial charge in [-0.15, -0.1) is 0 Å². The molecule has 0 saturated carbocycles. The van der Waals surface area contributed by atoms with Gasteiger partial charge in [0, 0.05) is 24.0 Å². The Labute approximate surface area is 248 Å². The fourth-order valence-electron chi connectivity index (χ4n) is 5.07. The molecule has 0 saturated heterocycles. The molecule has 0 bridgehead atoms. The summed E-state index contributed by atoms with van der Waals surface area (Å²) < 4.78 is 20.7. The molecule has 13 nitrogen and oxygen atoms in total. The number of ether oxygens (including phenoxy) is 4. The molecule has 43 heavy (non-hydrogen) atoms. The molecule has 232 valence electrons. The van der Waals surface area contributed by atoms with Gasteiger partial charge in [0.05, 0.1) is 23.1 Å². The number of nitro benzene ring substituents is 2. The van der Waals surface area contributed by atoms with Gasteiger partial charge in [-0.3, -0.25) is 25.0 Å². The molecule has 0 fully saturated rings. The van der Waals surface area contributed by atoms with E-state index in [1.165, 1.54) is 13.0 Å². The molecule has 13 heteroatoms. The molecule has 0 spiro atoms. The zero-order chi connectivity index (χ0) is 31.7. The Bertz CT molecular complexity index is 1390. The second-order valence-corrected chi connectivity index (χ2v) is 9.96. The topological polar surface area (TPSA) is 174 Å². The molecule has 2 aromatic rings. The number of Topliss-reactive ketones (excluding diaryl/α,β-unsaturated/α-hetero) is 1. The monoisotopic (exact) mass is 600 g/mol. The molecule has 0 aliphatic heterocycles. The van der Waals surface area contributed by atoms with E-state index >= 15 is 0 Å². The van der Waals surface area contributed by atoms with Gasteiger partial charge in [0.15, 0.2) is 23.7 Å². The number of carbonyl (C=O) groups is 3. The van der Waals surface area contributed by atoms with E-state index in [-0.39, 0.29) is 54.7 Å². The highest BCUT2D eigenvalue weighted by Gasteiger charge is 2.31. The van der Waals surface area contributed by atoms with Crippen LogP contribution in [0.5, 0.6) is 11.5 Å². The van der Waals surface area contributed by atoms with Gasteiger partial charge in [0.25, 0.3) is 0 Å². The largest absolute Gasteiger partial charge is 0.472 e. The third-order valence-electron chi connectivity index (χ3n) is 7.08. The van der Waals surface area contributed by atoms with Crippen LogP contribution in [-0.2, 0) is 49.5 Å². The summed E-state index contributed by atoms with van der Waals surface area (Å²) in [5.74, 6) is -0.825. The van der Waals surface area contributed by atoms with E-state index in [0.717, 1.165) is 24.0 Å². The molecule has 2 atom stereocenters. The average molecular weight is 601 g/mol. The number of nitrogens with zero attached hydrogens (tertiary/aromatic N) is 2. The van der Waals surface area contributed by atoms with Gasteiger partial charge in [-0.2, -0.15) is 0 Å². The van der Waals surface area contributed by atoms with Crippen molar-refractivity contribution >= 4 is 29.1 Å². The maximum absolute atomic E-state index is 11.8. The molecular formula is C30H36N2O11. The molecule has 0 heterocycles. The summed E-state index contributed by atoms with van der Waals surface area (Å²) in [7, 11) is 0. The van der Waals surface area contributed by atoms with Crippen molar-refractivity contribution in [3.63, 3.8) is 0 Å². The van der Waals surface area contributed by atoms with E-state index in [1.54, 1.807) is 32.9 Å². The van der Waals surface area contributed by atoms with Crippen LogP contribution >= 0.6 is 0 Å². The number of fused-ring (bicyclic) bond motifs is 2. The molecule has 2 unspecified atom stereocenters.